The summed E-state index contributed by atoms with van der Waals surface area (Å²) in [7, 11) is -3.89. The Morgan fingerprint density at radius 3 is 2.40 bits per heavy atom. The molecule has 0 bridgehead atoms. The average molecular weight is 249 g/mol. The Morgan fingerprint density at radius 1 is 1.40 bits per heavy atom. The van der Waals surface area contributed by atoms with Crippen LogP contribution in [-0.2, 0) is 14.8 Å². The van der Waals surface area contributed by atoms with Gasteiger partial charge in [-0.1, -0.05) is 12.1 Å². The number of rotatable bonds is 2. The van der Waals surface area contributed by atoms with Crippen LogP contribution < -0.4 is 9.56 Å². The molecule has 2 N–H and O–H groups in total. The van der Waals surface area contributed by atoms with Gasteiger partial charge in [0.2, 0.25) is 15.9 Å². The molecule has 1 aromatic carbocycles. The van der Waals surface area contributed by atoms with E-state index in [1.165, 1.54) is 25.1 Å². The Bertz CT molecular complexity index is 486. The Balaban J connectivity index is 3.37. The third-order valence-electron chi connectivity index (χ3n) is 1.66. The van der Waals surface area contributed by atoms with E-state index >= 15 is 0 Å². The topological polar surface area (TPSA) is 80.5 Å². The Kier molecular flexibility index (Phi) is 3.33. The zero-order valence-corrected chi connectivity index (χ0v) is 9.42. The van der Waals surface area contributed by atoms with Crippen LogP contribution in [0.1, 0.15) is 6.92 Å². The summed E-state index contributed by atoms with van der Waals surface area (Å²) in [5.74, 6) is -0.493. The molecule has 1 aromatic rings. The fourth-order valence-electron chi connectivity index (χ4n) is 1.03. The van der Waals surface area contributed by atoms with Gasteiger partial charge in [0.1, 0.15) is 4.90 Å². The lowest BCUT2D eigenvalue weighted by atomic mass is 10.3. The first-order chi connectivity index (χ1) is 6.84. The Morgan fingerprint density at radius 2 is 1.93 bits per heavy atom. The largest absolute Gasteiger partial charge is 0.274 e. The predicted octanol–water partition coefficient (Wildman–Crippen LogP) is 0.841. The number of carbonyl (C=O) groups excluding carboxylic acids is 1. The van der Waals surface area contributed by atoms with E-state index in [0.717, 1.165) is 0 Å². The molecule has 0 saturated heterocycles. The van der Waals surface area contributed by atoms with Crippen LogP contribution in [-0.4, -0.2) is 14.3 Å². The van der Waals surface area contributed by atoms with E-state index in [-0.39, 0.29) is 10.6 Å². The Labute approximate surface area is 92.6 Å². The smallest absolute Gasteiger partial charge is 0.240 e. The number of anilines is 1. The molecule has 15 heavy (non-hydrogen) atoms. The standard InChI is InChI=1S/C8H9ClN2O3S/c1-6(12)11(9)7-4-2-3-5-8(7)15(10,13)14/h2-5H,1H3,(H2,10,13,14). The van der Waals surface area contributed by atoms with Crippen molar-refractivity contribution >= 4 is 33.4 Å². The monoisotopic (exact) mass is 248 g/mol. The van der Waals surface area contributed by atoms with Crippen molar-refractivity contribution in [3.8, 4) is 0 Å². The summed E-state index contributed by atoms with van der Waals surface area (Å²) in [5.41, 5.74) is 0.0502. The molecule has 0 spiro atoms. The molecule has 0 saturated carbocycles. The first kappa shape index (κ1) is 12.0. The number of amides is 1. The van der Waals surface area contributed by atoms with Crippen molar-refractivity contribution in [1.29, 1.82) is 0 Å². The van der Waals surface area contributed by atoms with Gasteiger partial charge in [-0.2, -0.15) is 0 Å². The first-order valence-corrected chi connectivity index (χ1v) is 5.81. The third-order valence-corrected chi connectivity index (χ3v) is 3.04. The van der Waals surface area contributed by atoms with Gasteiger partial charge in [-0.25, -0.2) is 18.0 Å². The number of halogens is 1. The second kappa shape index (κ2) is 4.18. The molecule has 0 aliphatic heterocycles. The fraction of sp³-hybridized carbons (Fsp3) is 0.125. The van der Waals surface area contributed by atoms with Gasteiger partial charge in [-0.15, -0.1) is 0 Å². The van der Waals surface area contributed by atoms with Crippen LogP contribution in [0.4, 0.5) is 5.69 Å². The van der Waals surface area contributed by atoms with Crippen LogP contribution in [0.3, 0.4) is 0 Å². The summed E-state index contributed by atoms with van der Waals surface area (Å²) in [6.45, 7) is 1.22. The highest BCUT2D eigenvalue weighted by Crippen LogP contribution is 2.25. The number of hydrogen-bond donors (Lipinski definition) is 1. The molecule has 0 unspecified atom stereocenters. The minimum absolute atomic E-state index is 0.0502. The summed E-state index contributed by atoms with van der Waals surface area (Å²) < 4.78 is 23.0. The molecule has 0 aliphatic rings. The van der Waals surface area contributed by atoms with Crippen LogP contribution >= 0.6 is 11.8 Å². The summed E-state index contributed by atoms with van der Waals surface area (Å²) >= 11 is 5.62. The lowest BCUT2D eigenvalue weighted by Gasteiger charge is -2.14. The Hall–Kier alpha value is -1.11. The van der Waals surface area contributed by atoms with E-state index in [1.54, 1.807) is 6.07 Å². The van der Waals surface area contributed by atoms with E-state index in [9.17, 15) is 13.2 Å². The quantitative estimate of drug-likeness (QED) is 0.788. The number of benzene rings is 1. The van der Waals surface area contributed by atoms with Crippen LogP contribution in [0, 0.1) is 0 Å². The van der Waals surface area contributed by atoms with Crippen molar-refractivity contribution in [3.05, 3.63) is 24.3 Å². The molecule has 5 nitrogen and oxygen atoms in total. The van der Waals surface area contributed by atoms with E-state index < -0.39 is 15.9 Å². The molecule has 1 amide bonds. The number of primary sulfonamides is 1. The predicted molar refractivity (Wildman–Crippen MR) is 56.8 cm³/mol. The van der Waals surface area contributed by atoms with Gasteiger partial charge in [-0.3, -0.25) is 4.79 Å². The van der Waals surface area contributed by atoms with Gasteiger partial charge in [0.25, 0.3) is 0 Å². The van der Waals surface area contributed by atoms with Crippen molar-refractivity contribution < 1.29 is 13.2 Å². The van der Waals surface area contributed by atoms with E-state index in [1.807, 2.05) is 0 Å². The minimum Gasteiger partial charge on any atom is -0.274 e. The van der Waals surface area contributed by atoms with Crippen LogP contribution in [0.5, 0.6) is 0 Å². The SMILES string of the molecule is CC(=O)N(Cl)c1ccccc1S(N)(=O)=O. The van der Waals surface area contributed by atoms with E-state index in [4.69, 9.17) is 16.9 Å². The molecular weight excluding hydrogens is 240 g/mol. The molecule has 1 rings (SSSR count). The summed E-state index contributed by atoms with van der Waals surface area (Å²) in [6, 6.07) is 5.73. The highest BCUT2D eigenvalue weighted by Gasteiger charge is 2.19. The van der Waals surface area contributed by atoms with E-state index in [2.05, 4.69) is 0 Å². The molecule has 0 radical (unpaired) electrons. The maximum atomic E-state index is 11.2. The van der Waals surface area contributed by atoms with Gasteiger partial charge in [0.05, 0.1) is 5.69 Å². The lowest BCUT2D eigenvalue weighted by Crippen LogP contribution is -2.21. The molecule has 0 heterocycles. The van der Waals surface area contributed by atoms with Crippen LogP contribution in [0.25, 0.3) is 0 Å². The van der Waals surface area contributed by atoms with Gasteiger partial charge in [0.15, 0.2) is 0 Å². The maximum Gasteiger partial charge on any atom is 0.240 e. The van der Waals surface area contributed by atoms with Gasteiger partial charge in [0, 0.05) is 18.7 Å². The van der Waals surface area contributed by atoms with Gasteiger partial charge >= 0.3 is 0 Å². The number of hydrogen-bond acceptors (Lipinski definition) is 3. The van der Waals surface area contributed by atoms with Crippen molar-refractivity contribution in [2.45, 2.75) is 11.8 Å². The number of nitrogens with two attached hydrogens (primary N) is 1. The average Bonchev–Trinajstić information content (AvgIpc) is 2.15. The number of para-hydroxylation sites is 1. The molecule has 0 atom stereocenters. The number of nitrogens with zero attached hydrogens (tertiary/aromatic N) is 1. The summed E-state index contributed by atoms with van der Waals surface area (Å²) in [5, 5.41) is 4.97. The molecule has 0 fully saturated rings. The fourth-order valence-corrected chi connectivity index (χ4v) is 1.95. The molecule has 0 aliphatic carbocycles. The highest BCUT2D eigenvalue weighted by molar-refractivity contribution is 7.89. The number of carbonyl (C=O) groups is 1. The lowest BCUT2D eigenvalue weighted by molar-refractivity contribution is -0.115. The number of sulfonamides is 1. The normalized spacial score (nSPS) is 11.1. The summed E-state index contributed by atoms with van der Waals surface area (Å²) in [6.07, 6.45) is 0. The van der Waals surface area contributed by atoms with Crippen LogP contribution in [0.2, 0.25) is 0 Å². The minimum atomic E-state index is -3.89. The molecular formula is C8H9ClN2O3S. The van der Waals surface area contributed by atoms with Crippen molar-refractivity contribution in [2.75, 3.05) is 4.42 Å². The zero-order chi connectivity index (χ0) is 11.6. The molecule has 7 heteroatoms. The highest BCUT2D eigenvalue weighted by atomic mass is 35.5. The van der Waals surface area contributed by atoms with Gasteiger partial charge < -0.3 is 0 Å². The van der Waals surface area contributed by atoms with Crippen molar-refractivity contribution in [3.63, 3.8) is 0 Å². The van der Waals surface area contributed by atoms with Crippen molar-refractivity contribution in [1.82, 2.24) is 0 Å². The van der Waals surface area contributed by atoms with Crippen molar-refractivity contribution in [2.24, 2.45) is 5.14 Å². The first-order valence-electron chi connectivity index (χ1n) is 3.92. The summed E-state index contributed by atoms with van der Waals surface area (Å²) in [4.78, 5) is 10.8. The van der Waals surface area contributed by atoms with Crippen LogP contribution in [0.15, 0.2) is 29.2 Å². The molecule has 82 valence electrons. The zero-order valence-electron chi connectivity index (χ0n) is 7.84. The second-order valence-corrected chi connectivity index (χ2v) is 4.68. The third kappa shape index (κ3) is 2.68. The van der Waals surface area contributed by atoms with E-state index in [0.29, 0.717) is 4.42 Å². The molecule has 0 aromatic heterocycles. The van der Waals surface area contributed by atoms with Gasteiger partial charge in [-0.05, 0) is 12.1 Å². The maximum absolute atomic E-state index is 11.2. The second-order valence-electron chi connectivity index (χ2n) is 2.81.